The Bertz CT molecular complexity index is 1810. The van der Waals surface area contributed by atoms with Crippen molar-refractivity contribution in [1.29, 1.82) is 0 Å². The number of aryl methyl sites for hydroxylation is 1. The average molecular weight is 728 g/mol. The van der Waals surface area contributed by atoms with Gasteiger partial charge in [0, 0.05) is 41.7 Å². The molecule has 52 heavy (non-hydrogen) atoms. The van der Waals surface area contributed by atoms with E-state index in [4.69, 9.17) is 5.73 Å². The lowest BCUT2D eigenvalue weighted by molar-refractivity contribution is -0.130. The maximum Gasteiger partial charge on any atom is 0.251 e. The van der Waals surface area contributed by atoms with E-state index in [2.05, 4.69) is 55.7 Å². The fraction of sp³-hybridized carbons (Fsp3) is 0.436. The third-order valence-electron chi connectivity index (χ3n) is 10.6. The maximum absolute atomic E-state index is 13.7. The van der Waals surface area contributed by atoms with Crippen LogP contribution < -0.4 is 27.0 Å². The molecule has 1 aliphatic heterocycles. The standard InChI is InChI=1S/C39H49N9O3.ClH/c1-24-20-30(37(50)44-34-18-19-41-23-39(34,2)3)14-17-32(24)27-8-4-25(5-9-27)21-33(43-36(49)29-10-6-26(22-40)7-11-29)38(51)42-31-15-12-28(13-16-31)35-45-47-48-46-35;/h4-5,8-9,12-17,20,26,29,33-34,41H,6-7,10-11,18-19,21-23,40H2,1-3H3,(H,42,51)(H,43,49)(H,44,50)(H,45,46,47,48);1H/t26?,29?,33-,34?;/m0./s1. The summed E-state index contributed by atoms with van der Waals surface area (Å²) in [5.74, 6) is 0.389. The number of anilines is 1. The Kier molecular flexibility index (Phi) is 12.8. The first-order chi connectivity index (χ1) is 24.6. The minimum absolute atomic E-state index is 0. The molecule has 2 atom stereocenters. The number of halogens is 1. The van der Waals surface area contributed by atoms with Crippen molar-refractivity contribution >= 4 is 35.8 Å². The van der Waals surface area contributed by atoms with Crippen LogP contribution in [0.25, 0.3) is 22.5 Å². The molecule has 1 unspecified atom stereocenters. The molecule has 2 aliphatic rings. The van der Waals surface area contributed by atoms with Gasteiger partial charge in [0.15, 0.2) is 5.82 Å². The molecule has 0 radical (unpaired) electrons. The summed E-state index contributed by atoms with van der Waals surface area (Å²) in [6.45, 7) is 8.78. The highest BCUT2D eigenvalue weighted by atomic mass is 35.5. The number of carbonyl (C=O) groups excluding carboxylic acids is 3. The van der Waals surface area contributed by atoms with E-state index in [0.717, 1.165) is 73.0 Å². The molecule has 1 saturated carbocycles. The van der Waals surface area contributed by atoms with Crippen molar-refractivity contribution in [3.63, 3.8) is 0 Å². The zero-order valence-electron chi connectivity index (χ0n) is 30.1. The number of nitrogens with two attached hydrogens (primary N) is 1. The number of aromatic amines is 1. The fourth-order valence-electron chi connectivity index (χ4n) is 7.25. The number of tetrazole rings is 1. The molecule has 1 saturated heterocycles. The van der Waals surface area contributed by atoms with Crippen molar-refractivity contribution in [3.8, 4) is 22.5 Å². The van der Waals surface area contributed by atoms with E-state index in [1.807, 2.05) is 61.5 Å². The van der Waals surface area contributed by atoms with Crippen LogP contribution in [0.3, 0.4) is 0 Å². The SMILES string of the molecule is Cc1cc(C(=O)NC2CCNCC2(C)C)ccc1-c1ccc(C[C@H](NC(=O)C2CCC(CN)CC2)C(=O)Nc2ccc(-c3nnn[nH]3)cc2)cc1.Cl. The Morgan fingerprint density at radius 1 is 0.942 bits per heavy atom. The zero-order chi connectivity index (χ0) is 36.0. The van der Waals surface area contributed by atoms with Gasteiger partial charge in [-0.25, -0.2) is 5.10 Å². The largest absolute Gasteiger partial charge is 0.349 e. The van der Waals surface area contributed by atoms with Gasteiger partial charge in [-0.2, -0.15) is 0 Å². The molecule has 7 N–H and O–H groups in total. The van der Waals surface area contributed by atoms with E-state index in [9.17, 15) is 14.4 Å². The van der Waals surface area contributed by atoms with Gasteiger partial charge in [0.05, 0.1) is 0 Å². The summed E-state index contributed by atoms with van der Waals surface area (Å²) in [5.41, 5.74) is 11.8. The monoisotopic (exact) mass is 727 g/mol. The molecule has 2 fully saturated rings. The Hall–Kier alpha value is -4.65. The summed E-state index contributed by atoms with van der Waals surface area (Å²) in [6, 6.07) is 20.4. The third-order valence-corrected chi connectivity index (χ3v) is 10.6. The van der Waals surface area contributed by atoms with Gasteiger partial charge in [-0.1, -0.05) is 44.2 Å². The van der Waals surface area contributed by atoms with E-state index < -0.39 is 6.04 Å². The first kappa shape index (κ1) is 38.6. The van der Waals surface area contributed by atoms with Crippen molar-refractivity contribution in [2.45, 2.75) is 71.4 Å². The number of amides is 3. The highest BCUT2D eigenvalue weighted by Gasteiger charge is 2.33. The van der Waals surface area contributed by atoms with Gasteiger partial charge in [0.1, 0.15) is 6.04 Å². The lowest BCUT2D eigenvalue weighted by Gasteiger charge is -2.39. The van der Waals surface area contributed by atoms with E-state index in [-0.39, 0.29) is 47.5 Å². The van der Waals surface area contributed by atoms with Crippen molar-refractivity contribution in [2.24, 2.45) is 23.0 Å². The topological polar surface area (TPSA) is 180 Å². The molecule has 276 valence electrons. The second-order valence-corrected chi connectivity index (χ2v) is 14.7. The number of carbonyl (C=O) groups is 3. The molecule has 12 nitrogen and oxygen atoms in total. The Balaban J connectivity index is 0.00000523. The van der Waals surface area contributed by atoms with Crippen LogP contribution in [0.4, 0.5) is 5.69 Å². The molecule has 2 heterocycles. The molecule has 13 heteroatoms. The van der Waals surface area contributed by atoms with Crippen LogP contribution in [0.5, 0.6) is 0 Å². The highest BCUT2D eigenvalue weighted by Crippen LogP contribution is 2.30. The first-order valence-electron chi connectivity index (χ1n) is 18.0. The van der Waals surface area contributed by atoms with Crippen LogP contribution in [0.1, 0.15) is 67.4 Å². The number of nitrogens with one attached hydrogen (secondary N) is 5. The van der Waals surface area contributed by atoms with Crippen molar-refractivity contribution in [1.82, 2.24) is 36.6 Å². The van der Waals surface area contributed by atoms with Crippen molar-refractivity contribution in [3.05, 3.63) is 83.4 Å². The Morgan fingerprint density at radius 3 is 2.29 bits per heavy atom. The van der Waals surface area contributed by atoms with Crippen LogP contribution >= 0.6 is 12.4 Å². The van der Waals surface area contributed by atoms with Gasteiger partial charge in [-0.15, -0.1) is 17.5 Å². The van der Waals surface area contributed by atoms with Crippen LogP contribution in [-0.2, 0) is 16.0 Å². The summed E-state index contributed by atoms with van der Waals surface area (Å²) in [6.07, 6.45) is 4.60. The maximum atomic E-state index is 13.7. The predicted octanol–water partition coefficient (Wildman–Crippen LogP) is 4.81. The second kappa shape index (κ2) is 17.2. The molecular formula is C39H50ClN9O3. The van der Waals surface area contributed by atoms with Gasteiger partial charge < -0.3 is 27.0 Å². The summed E-state index contributed by atoms with van der Waals surface area (Å²) in [7, 11) is 0. The van der Waals surface area contributed by atoms with E-state index >= 15 is 0 Å². The number of H-pyrrole nitrogens is 1. The first-order valence-corrected chi connectivity index (χ1v) is 18.0. The summed E-state index contributed by atoms with van der Waals surface area (Å²) >= 11 is 0. The Labute approximate surface area is 311 Å². The van der Waals surface area contributed by atoms with Crippen LogP contribution in [0.2, 0.25) is 0 Å². The van der Waals surface area contributed by atoms with E-state index in [1.165, 1.54) is 0 Å². The highest BCUT2D eigenvalue weighted by molar-refractivity contribution is 5.98. The molecule has 3 amide bonds. The summed E-state index contributed by atoms with van der Waals surface area (Å²) in [4.78, 5) is 40.3. The Morgan fingerprint density at radius 2 is 1.65 bits per heavy atom. The number of nitrogens with zero attached hydrogens (tertiary/aromatic N) is 3. The fourth-order valence-corrected chi connectivity index (χ4v) is 7.25. The van der Waals surface area contributed by atoms with Gasteiger partial charge >= 0.3 is 0 Å². The zero-order valence-corrected chi connectivity index (χ0v) is 30.9. The van der Waals surface area contributed by atoms with Crippen molar-refractivity contribution < 1.29 is 14.4 Å². The van der Waals surface area contributed by atoms with Gasteiger partial charge in [-0.3, -0.25) is 14.4 Å². The van der Waals surface area contributed by atoms with Gasteiger partial charge in [0.25, 0.3) is 5.91 Å². The molecule has 0 spiro atoms. The van der Waals surface area contributed by atoms with E-state index in [1.54, 1.807) is 12.1 Å². The lowest BCUT2D eigenvalue weighted by Crippen LogP contribution is -2.54. The lowest BCUT2D eigenvalue weighted by atomic mass is 9.80. The van der Waals surface area contributed by atoms with E-state index in [0.29, 0.717) is 36.0 Å². The average Bonchev–Trinajstić information content (AvgIpc) is 3.68. The number of hydrogen-bond acceptors (Lipinski definition) is 8. The molecule has 3 aromatic carbocycles. The molecule has 0 bridgehead atoms. The predicted molar refractivity (Wildman–Crippen MR) is 205 cm³/mol. The molecular weight excluding hydrogens is 678 g/mol. The second-order valence-electron chi connectivity index (χ2n) is 14.7. The molecule has 1 aliphatic carbocycles. The minimum Gasteiger partial charge on any atom is -0.349 e. The number of hydrogen-bond donors (Lipinski definition) is 6. The quantitative estimate of drug-likeness (QED) is 0.127. The third kappa shape index (κ3) is 9.41. The van der Waals surface area contributed by atoms with Gasteiger partial charge in [0.2, 0.25) is 11.8 Å². The van der Waals surface area contributed by atoms with Crippen LogP contribution in [0.15, 0.2) is 66.7 Å². The minimum atomic E-state index is -0.779. The molecule has 1 aromatic heterocycles. The molecule has 4 aromatic rings. The van der Waals surface area contributed by atoms with Crippen LogP contribution in [0, 0.1) is 24.2 Å². The molecule has 6 rings (SSSR count). The number of piperidine rings is 1. The van der Waals surface area contributed by atoms with Crippen LogP contribution in [-0.4, -0.2) is 70.1 Å². The number of aromatic nitrogens is 4. The summed E-state index contributed by atoms with van der Waals surface area (Å²) < 4.78 is 0. The number of benzene rings is 3. The summed E-state index contributed by atoms with van der Waals surface area (Å²) in [5, 5.41) is 26.6. The normalized spacial score (nSPS) is 20.2. The van der Waals surface area contributed by atoms with Crippen molar-refractivity contribution in [2.75, 3.05) is 25.0 Å². The van der Waals surface area contributed by atoms with Gasteiger partial charge in [-0.05, 0) is 133 Å². The number of rotatable bonds is 11. The smallest absolute Gasteiger partial charge is 0.251 e.